The van der Waals surface area contributed by atoms with E-state index >= 15 is 0 Å². The molecule has 12 nitrogen and oxygen atoms in total. The second-order valence-electron chi connectivity index (χ2n) is 10.6. The fourth-order valence-electron chi connectivity index (χ4n) is 5.15. The van der Waals surface area contributed by atoms with Crippen molar-refractivity contribution in [1.29, 1.82) is 0 Å². The first-order valence-electron chi connectivity index (χ1n) is 13.4. The molecule has 1 heterocycles. The van der Waals surface area contributed by atoms with E-state index in [1.54, 1.807) is 19.9 Å². The monoisotopic (exact) mass is 578 g/mol. The predicted octanol–water partition coefficient (Wildman–Crippen LogP) is 1.60. The minimum atomic E-state index is -1.23. The molecule has 12 heteroatoms. The Morgan fingerprint density at radius 3 is 2.20 bits per heavy atom. The summed E-state index contributed by atoms with van der Waals surface area (Å²) in [5.74, 6) is -2.68. The number of nitrogens with two attached hydrogens (primary N) is 1. The van der Waals surface area contributed by atoms with Gasteiger partial charge in [-0.1, -0.05) is 19.9 Å². The number of hydrogen-bond donors (Lipinski definition) is 4. The van der Waals surface area contributed by atoms with Crippen LogP contribution in [0.15, 0.2) is 46.4 Å². The van der Waals surface area contributed by atoms with Gasteiger partial charge in [-0.25, -0.2) is 4.79 Å². The number of carbonyl (C=O) groups excluding carboxylic acids is 4. The quantitative estimate of drug-likeness (QED) is 0.282. The van der Waals surface area contributed by atoms with Gasteiger partial charge in [0.2, 0.25) is 11.6 Å². The molecule has 2 rings (SSSR count). The van der Waals surface area contributed by atoms with Crippen LogP contribution < -0.4 is 11.1 Å². The number of carbonyl (C=O) groups is 4. The van der Waals surface area contributed by atoms with Gasteiger partial charge >= 0.3 is 6.09 Å². The number of Topliss-reactive ketones (excluding diaryl/α,β-unsaturated/α-hetero) is 1. The van der Waals surface area contributed by atoms with Crippen molar-refractivity contribution in [1.82, 2.24) is 5.32 Å². The second kappa shape index (κ2) is 15.1. The first kappa shape index (κ1) is 33.9. The molecule has 0 saturated heterocycles. The highest BCUT2D eigenvalue weighted by Crippen LogP contribution is 2.29. The van der Waals surface area contributed by atoms with Gasteiger partial charge in [-0.2, -0.15) is 0 Å². The van der Waals surface area contributed by atoms with Crippen molar-refractivity contribution in [3.63, 3.8) is 0 Å². The Kier molecular flexibility index (Phi) is 12.4. The highest BCUT2D eigenvalue weighted by molar-refractivity contribution is 6.23. The summed E-state index contributed by atoms with van der Waals surface area (Å²) in [6, 6.07) is 0. The van der Waals surface area contributed by atoms with Crippen LogP contribution in [0.2, 0.25) is 0 Å². The summed E-state index contributed by atoms with van der Waals surface area (Å²) in [6.07, 6.45) is -1.49. The molecule has 0 fully saturated rings. The number of aliphatic hydroxyl groups is 2. The zero-order valence-electron chi connectivity index (χ0n) is 24.6. The number of ether oxygens (including phenoxy) is 4. The van der Waals surface area contributed by atoms with Crippen LogP contribution in [0.4, 0.5) is 4.79 Å². The molecule has 2 bridgehead atoms. The molecule has 1 unspecified atom stereocenters. The molecule has 0 radical (unpaired) electrons. The van der Waals surface area contributed by atoms with Gasteiger partial charge in [-0.3, -0.25) is 14.4 Å². The van der Waals surface area contributed by atoms with Crippen LogP contribution in [-0.4, -0.2) is 85.6 Å². The average Bonchev–Trinajstić information content (AvgIpc) is 2.90. The van der Waals surface area contributed by atoms with Gasteiger partial charge in [0.15, 0.2) is 11.9 Å². The summed E-state index contributed by atoms with van der Waals surface area (Å²) in [4.78, 5) is 50.8. The molecule has 5 N–H and O–H groups in total. The Balaban J connectivity index is 2.60. The van der Waals surface area contributed by atoms with E-state index in [9.17, 15) is 29.4 Å². The number of hydrogen-bond acceptors (Lipinski definition) is 10. The summed E-state index contributed by atoms with van der Waals surface area (Å²) >= 11 is 0. The zero-order chi connectivity index (χ0) is 31.0. The van der Waals surface area contributed by atoms with Crippen molar-refractivity contribution in [2.45, 2.75) is 77.5 Å². The van der Waals surface area contributed by atoms with Crippen LogP contribution in [0.5, 0.6) is 0 Å². The van der Waals surface area contributed by atoms with Crippen LogP contribution in [-0.2, 0) is 33.3 Å². The number of allylic oxidation sites excluding steroid dienone is 2. The highest BCUT2D eigenvalue weighted by atomic mass is 16.6. The Morgan fingerprint density at radius 1 is 1.00 bits per heavy atom. The number of ketones is 2. The number of fused-ring (bicyclic) bond motifs is 2. The first-order chi connectivity index (χ1) is 19.2. The van der Waals surface area contributed by atoms with Gasteiger partial charge in [-0.05, 0) is 44.3 Å². The molecule has 7 atom stereocenters. The molecular formula is C29H42N2O10. The molecule has 2 aliphatic rings. The molecule has 228 valence electrons. The van der Waals surface area contributed by atoms with Gasteiger partial charge in [-0.15, -0.1) is 0 Å². The first-order valence-corrected chi connectivity index (χ1v) is 13.4. The summed E-state index contributed by atoms with van der Waals surface area (Å²) in [5, 5.41) is 24.4. The Morgan fingerprint density at radius 2 is 1.63 bits per heavy atom. The van der Waals surface area contributed by atoms with E-state index in [2.05, 4.69) is 5.32 Å². The molecule has 1 aliphatic carbocycles. The van der Waals surface area contributed by atoms with Crippen LogP contribution in [0.3, 0.4) is 0 Å². The molecule has 0 aromatic heterocycles. The number of methoxy groups -OCH3 is 3. The average molecular weight is 579 g/mol. The zero-order valence-corrected chi connectivity index (χ0v) is 24.6. The molecular weight excluding hydrogens is 536 g/mol. The van der Waals surface area contributed by atoms with Gasteiger partial charge in [0, 0.05) is 43.8 Å². The molecule has 0 spiro atoms. The number of primary amides is 1. The van der Waals surface area contributed by atoms with E-state index in [0.29, 0.717) is 12.0 Å². The van der Waals surface area contributed by atoms with Crippen molar-refractivity contribution in [2.24, 2.45) is 17.6 Å². The van der Waals surface area contributed by atoms with E-state index in [1.165, 1.54) is 34.3 Å². The van der Waals surface area contributed by atoms with Crippen LogP contribution >= 0.6 is 0 Å². The van der Waals surface area contributed by atoms with Crippen LogP contribution in [0.25, 0.3) is 0 Å². The fourth-order valence-corrected chi connectivity index (χ4v) is 5.15. The normalized spacial score (nSPS) is 33.6. The van der Waals surface area contributed by atoms with E-state index in [4.69, 9.17) is 24.7 Å². The lowest BCUT2D eigenvalue weighted by Crippen LogP contribution is -2.39. The lowest BCUT2D eigenvalue weighted by Gasteiger charge is -2.30. The lowest BCUT2D eigenvalue weighted by atomic mass is 9.85. The SMILES string of the molecule is COC1=C2C[C@@H](C)C[C@H](OC)[C@H](O)[C@@H](C)/C=C(\C)[C@H](OC(N)=O)C(OC)C[C@@H](O)/C=C(\C)C(=O)NC(=CC1=O)C2=O. The maximum atomic E-state index is 13.4. The minimum Gasteiger partial charge on any atom is -0.492 e. The number of nitrogens with one attached hydrogen (secondary N) is 1. The van der Waals surface area contributed by atoms with E-state index in [-0.39, 0.29) is 41.4 Å². The third kappa shape index (κ3) is 8.83. The maximum Gasteiger partial charge on any atom is 0.405 e. The van der Waals surface area contributed by atoms with E-state index in [1.807, 2.05) is 6.92 Å². The number of rotatable bonds is 4. The Labute approximate surface area is 240 Å². The van der Waals surface area contributed by atoms with E-state index < -0.39 is 60.0 Å². The number of aliphatic hydroxyl groups excluding tert-OH is 2. The topological polar surface area (TPSA) is 184 Å². The Hall–Kier alpha value is -3.32. The second-order valence-corrected chi connectivity index (χ2v) is 10.6. The van der Waals surface area contributed by atoms with Gasteiger partial charge in [0.05, 0.1) is 31.1 Å². The van der Waals surface area contributed by atoms with Crippen molar-refractivity contribution >= 4 is 23.6 Å². The molecule has 1 aliphatic heterocycles. The van der Waals surface area contributed by atoms with Crippen LogP contribution in [0, 0.1) is 11.8 Å². The maximum absolute atomic E-state index is 13.4. The number of amides is 2. The lowest BCUT2D eigenvalue weighted by molar-refractivity contribution is -0.121. The standard InChI is InChI=1S/C29H42N2O10/c1-14-8-19-25(35)20(13-21(33)27(19)40-7)31-28(36)17(4)11-18(32)12-23(39-6)26(41-29(30)37)16(3)10-15(2)24(34)22(9-14)38-5/h10-11,13-15,18,22-24,26,32,34H,8-9,12H2,1-7H3,(H2,30,37)(H,31,36)/b16-10+,17-11+/t14-,15+,18+,22+,23?,24-,26+/m1/s1. The van der Waals surface area contributed by atoms with Gasteiger partial charge < -0.3 is 40.2 Å². The van der Waals surface area contributed by atoms with E-state index in [0.717, 1.165) is 6.08 Å². The summed E-state index contributed by atoms with van der Waals surface area (Å²) < 4.78 is 21.7. The fraction of sp³-hybridized carbons (Fsp3) is 0.586. The molecule has 0 aromatic rings. The molecule has 2 amide bonds. The third-order valence-electron chi connectivity index (χ3n) is 7.29. The smallest absolute Gasteiger partial charge is 0.405 e. The van der Waals surface area contributed by atoms with Crippen molar-refractivity contribution < 1.29 is 48.3 Å². The highest BCUT2D eigenvalue weighted by Gasteiger charge is 2.34. The summed E-state index contributed by atoms with van der Waals surface area (Å²) in [6.45, 7) is 6.73. The van der Waals surface area contributed by atoms with Crippen molar-refractivity contribution in [3.05, 3.63) is 46.4 Å². The Bertz CT molecular complexity index is 1140. The minimum absolute atomic E-state index is 0.0715. The summed E-state index contributed by atoms with van der Waals surface area (Å²) in [7, 11) is 4.12. The predicted molar refractivity (Wildman–Crippen MR) is 148 cm³/mol. The third-order valence-corrected chi connectivity index (χ3v) is 7.29. The largest absolute Gasteiger partial charge is 0.492 e. The van der Waals surface area contributed by atoms with Gasteiger partial charge in [0.25, 0.3) is 5.91 Å². The molecule has 41 heavy (non-hydrogen) atoms. The van der Waals surface area contributed by atoms with Crippen molar-refractivity contribution in [3.8, 4) is 0 Å². The van der Waals surface area contributed by atoms with Crippen LogP contribution in [0.1, 0.15) is 47.0 Å². The van der Waals surface area contributed by atoms with Gasteiger partial charge in [0.1, 0.15) is 6.10 Å². The van der Waals surface area contributed by atoms with Crippen molar-refractivity contribution in [2.75, 3.05) is 21.3 Å². The molecule has 0 aromatic carbocycles. The molecule has 0 saturated carbocycles. The summed E-state index contributed by atoms with van der Waals surface area (Å²) in [5.41, 5.74) is 5.79.